The van der Waals surface area contributed by atoms with E-state index >= 15 is 0 Å². The van der Waals surface area contributed by atoms with Crippen LogP contribution in [-0.2, 0) is 9.84 Å². The van der Waals surface area contributed by atoms with Crippen LogP contribution >= 0.6 is 11.6 Å². The van der Waals surface area contributed by atoms with Gasteiger partial charge in [0, 0.05) is 6.26 Å². The molecule has 0 amide bonds. The van der Waals surface area contributed by atoms with Crippen LogP contribution in [0.3, 0.4) is 0 Å². The number of ether oxygens (including phenoxy) is 1. The van der Waals surface area contributed by atoms with Crippen LogP contribution in [0.15, 0.2) is 41.6 Å². The van der Waals surface area contributed by atoms with E-state index in [-0.39, 0.29) is 4.90 Å². The number of halogens is 1. The van der Waals surface area contributed by atoms with E-state index in [0.717, 1.165) is 0 Å². The van der Waals surface area contributed by atoms with Gasteiger partial charge in [-0.2, -0.15) is 0 Å². The summed E-state index contributed by atoms with van der Waals surface area (Å²) in [6.07, 6.45) is 4.18. The zero-order chi connectivity index (χ0) is 15.3. The number of rotatable bonds is 6. The van der Waals surface area contributed by atoms with E-state index < -0.39 is 9.84 Å². The molecule has 0 aliphatic carbocycles. The van der Waals surface area contributed by atoms with Gasteiger partial charge < -0.3 is 10.1 Å². The summed E-state index contributed by atoms with van der Waals surface area (Å²) >= 11 is 5.71. The van der Waals surface area contributed by atoms with E-state index in [2.05, 4.69) is 15.3 Å². The lowest BCUT2D eigenvalue weighted by molar-refractivity contribution is 0.332. The molecule has 0 saturated heterocycles. The second kappa shape index (κ2) is 6.73. The monoisotopic (exact) mass is 327 g/mol. The molecule has 1 N–H and O–H groups in total. The van der Waals surface area contributed by atoms with Crippen molar-refractivity contribution in [3.8, 4) is 5.75 Å². The van der Waals surface area contributed by atoms with Crippen LogP contribution in [0, 0.1) is 0 Å². The van der Waals surface area contributed by atoms with Gasteiger partial charge in [0.05, 0.1) is 23.8 Å². The fourth-order valence-electron chi connectivity index (χ4n) is 1.56. The summed E-state index contributed by atoms with van der Waals surface area (Å²) < 4.78 is 28.1. The third-order valence-corrected chi connectivity index (χ3v) is 3.84. The molecule has 1 aromatic heterocycles. The number of anilines is 1. The van der Waals surface area contributed by atoms with Crippen molar-refractivity contribution in [3.63, 3.8) is 0 Å². The van der Waals surface area contributed by atoms with E-state index in [1.807, 2.05) is 0 Å². The Balaban J connectivity index is 1.81. The minimum atomic E-state index is -3.18. The Labute approximate surface area is 128 Å². The molecule has 0 fully saturated rings. The number of nitrogens with zero attached hydrogens (tertiary/aromatic N) is 2. The van der Waals surface area contributed by atoms with Crippen LogP contribution in [0.5, 0.6) is 5.75 Å². The maximum atomic E-state index is 11.3. The molecule has 0 bridgehead atoms. The molecule has 0 spiro atoms. The number of nitrogens with one attached hydrogen (secondary N) is 1. The Kier molecular flexibility index (Phi) is 4.98. The molecule has 0 saturated carbocycles. The van der Waals surface area contributed by atoms with Crippen LogP contribution in [0.1, 0.15) is 0 Å². The van der Waals surface area contributed by atoms with Crippen molar-refractivity contribution >= 4 is 27.3 Å². The minimum Gasteiger partial charge on any atom is -0.492 e. The summed E-state index contributed by atoms with van der Waals surface area (Å²) in [6, 6.07) is 6.27. The molecule has 2 aromatic rings. The topological polar surface area (TPSA) is 81.2 Å². The first-order valence-corrected chi connectivity index (χ1v) is 8.36. The lowest BCUT2D eigenvalue weighted by atomic mass is 10.3. The van der Waals surface area contributed by atoms with Gasteiger partial charge in [-0.25, -0.2) is 13.4 Å². The van der Waals surface area contributed by atoms with E-state index in [1.165, 1.54) is 24.6 Å². The molecule has 0 aliphatic heterocycles. The number of hydrogen-bond donors (Lipinski definition) is 1. The summed E-state index contributed by atoms with van der Waals surface area (Å²) in [6.45, 7) is 0.912. The van der Waals surface area contributed by atoms with Gasteiger partial charge in [0.25, 0.3) is 0 Å². The van der Waals surface area contributed by atoms with Crippen molar-refractivity contribution in [2.24, 2.45) is 0 Å². The predicted molar refractivity (Wildman–Crippen MR) is 80.6 cm³/mol. The average Bonchev–Trinajstić information content (AvgIpc) is 2.43. The molecule has 112 valence electrons. The largest absolute Gasteiger partial charge is 0.492 e. The number of aromatic nitrogens is 2. The van der Waals surface area contributed by atoms with Crippen LogP contribution in [0.4, 0.5) is 5.82 Å². The van der Waals surface area contributed by atoms with Crippen molar-refractivity contribution in [2.45, 2.75) is 4.90 Å². The van der Waals surface area contributed by atoms with Crippen molar-refractivity contribution in [2.75, 3.05) is 24.7 Å². The van der Waals surface area contributed by atoms with E-state index in [4.69, 9.17) is 16.3 Å². The summed E-state index contributed by atoms with van der Waals surface area (Å²) in [5.41, 5.74) is 0. The first kappa shape index (κ1) is 15.5. The average molecular weight is 328 g/mol. The summed E-state index contributed by atoms with van der Waals surface area (Å²) in [4.78, 5) is 8.19. The molecular formula is C13H14ClN3O3S. The van der Waals surface area contributed by atoms with E-state index in [0.29, 0.717) is 29.9 Å². The van der Waals surface area contributed by atoms with Crippen LogP contribution in [0.25, 0.3) is 0 Å². The van der Waals surface area contributed by atoms with Gasteiger partial charge in [0.1, 0.15) is 23.3 Å². The van der Waals surface area contributed by atoms with Crippen molar-refractivity contribution in [1.82, 2.24) is 9.97 Å². The summed E-state index contributed by atoms with van der Waals surface area (Å²) in [5, 5.41) is 3.33. The lowest BCUT2D eigenvalue weighted by Crippen LogP contribution is -2.12. The van der Waals surface area contributed by atoms with Crippen molar-refractivity contribution in [1.29, 1.82) is 0 Å². The first-order valence-electron chi connectivity index (χ1n) is 6.09. The van der Waals surface area contributed by atoms with Gasteiger partial charge in [-0.15, -0.1) is 0 Å². The first-order chi connectivity index (χ1) is 9.95. The van der Waals surface area contributed by atoms with Crippen molar-refractivity contribution < 1.29 is 13.2 Å². The Morgan fingerprint density at radius 1 is 1.24 bits per heavy atom. The second-order valence-electron chi connectivity index (χ2n) is 4.25. The fourth-order valence-corrected chi connectivity index (χ4v) is 2.34. The normalized spacial score (nSPS) is 11.1. The highest BCUT2D eigenvalue weighted by Crippen LogP contribution is 2.15. The third kappa shape index (κ3) is 4.87. The molecule has 0 unspecified atom stereocenters. The molecule has 2 rings (SSSR count). The van der Waals surface area contributed by atoms with Crippen LogP contribution in [-0.4, -0.2) is 37.8 Å². The van der Waals surface area contributed by atoms with Gasteiger partial charge in [0.2, 0.25) is 0 Å². The standard InChI is InChI=1S/C13H14ClN3O3S/c1-21(18,19)11-4-2-10(3-5-11)20-7-6-16-13-9-15-8-12(14)17-13/h2-5,8-9H,6-7H2,1H3,(H,16,17). The van der Waals surface area contributed by atoms with Gasteiger partial charge in [-0.05, 0) is 24.3 Å². The molecule has 21 heavy (non-hydrogen) atoms. The zero-order valence-corrected chi connectivity index (χ0v) is 12.9. The molecule has 0 atom stereocenters. The van der Waals surface area contributed by atoms with Crippen LogP contribution in [0.2, 0.25) is 5.15 Å². The number of hydrogen-bond acceptors (Lipinski definition) is 6. The predicted octanol–water partition coefficient (Wildman–Crippen LogP) is 2.02. The Morgan fingerprint density at radius 3 is 2.57 bits per heavy atom. The number of benzene rings is 1. The van der Waals surface area contributed by atoms with E-state index in [1.54, 1.807) is 18.3 Å². The van der Waals surface area contributed by atoms with Gasteiger partial charge in [-0.1, -0.05) is 11.6 Å². The maximum Gasteiger partial charge on any atom is 0.175 e. The molecule has 6 nitrogen and oxygen atoms in total. The SMILES string of the molecule is CS(=O)(=O)c1ccc(OCCNc2cncc(Cl)n2)cc1. The molecular weight excluding hydrogens is 314 g/mol. The number of sulfone groups is 1. The lowest BCUT2D eigenvalue weighted by Gasteiger charge is -2.08. The fraction of sp³-hybridized carbons (Fsp3) is 0.231. The second-order valence-corrected chi connectivity index (χ2v) is 6.65. The molecule has 0 radical (unpaired) electrons. The van der Waals surface area contributed by atoms with Crippen LogP contribution < -0.4 is 10.1 Å². The Hall–Kier alpha value is -1.86. The molecule has 1 heterocycles. The highest BCUT2D eigenvalue weighted by Gasteiger charge is 2.06. The van der Waals surface area contributed by atoms with Gasteiger partial charge in [-0.3, -0.25) is 4.98 Å². The summed E-state index contributed by atoms with van der Waals surface area (Å²) in [7, 11) is -3.18. The van der Waals surface area contributed by atoms with E-state index in [9.17, 15) is 8.42 Å². The summed E-state index contributed by atoms with van der Waals surface area (Å²) in [5.74, 6) is 1.17. The highest BCUT2D eigenvalue weighted by atomic mass is 35.5. The molecule has 8 heteroatoms. The maximum absolute atomic E-state index is 11.3. The quantitative estimate of drug-likeness (QED) is 0.817. The highest BCUT2D eigenvalue weighted by molar-refractivity contribution is 7.90. The van der Waals surface area contributed by atoms with Gasteiger partial charge >= 0.3 is 0 Å². The smallest absolute Gasteiger partial charge is 0.175 e. The molecule has 0 aliphatic rings. The zero-order valence-electron chi connectivity index (χ0n) is 11.3. The van der Waals surface area contributed by atoms with Crippen molar-refractivity contribution in [3.05, 3.63) is 41.8 Å². The third-order valence-electron chi connectivity index (χ3n) is 2.53. The Bertz CT molecular complexity index is 705. The Morgan fingerprint density at radius 2 is 1.95 bits per heavy atom. The molecule has 1 aromatic carbocycles. The minimum absolute atomic E-state index is 0.266. The van der Waals surface area contributed by atoms with Gasteiger partial charge in [0.15, 0.2) is 9.84 Å².